The standard InChI is InChI=1S/C15H21NO/c1-10-6-4-7-12(11(10)2)14(17)15(3)9-5-8-13(15)16/h4,6-7,13H,5,8-9,16H2,1-3H3. The van der Waals surface area contributed by atoms with Crippen LogP contribution in [0.15, 0.2) is 18.2 Å². The minimum Gasteiger partial charge on any atom is -0.327 e. The van der Waals surface area contributed by atoms with Crippen molar-refractivity contribution in [2.24, 2.45) is 11.1 Å². The molecule has 0 heterocycles. The van der Waals surface area contributed by atoms with Gasteiger partial charge in [0.05, 0.1) is 0 Å². The summed E-state index contributed by atoms with van der Waals surface area (Å²) in [5, 5.41) is 0. The van der Waals surface area contributed by atoms with Crippen LogP contribution in [0.5, 0.6) is 0 Å². The zero-order chi connectivity index (χ0) is 12.6. The molecule has 0 spiro atoms. The Labute approximate surface area is 103 Å². The Balaban J connectivity index is 2.41. The SMILES string of the molecule is Cc1cccc(C(=O)C2(C)CCCC2N)c1C. The van der Waals surface area contributed by atoms with Gasteiger partial charge in [-0.15, -0.1) is 0 Å². The first-order valence-corrected chi connectivity index (χ1v) is 6.33. The smallest absolute Gasteiger partial charge is 0.170 e. The van der Waals surface area contributed by atoms with Gasteiger partial charge in [0.1, 0.15) is 0 Å². The molecule has 2 unspecified atom stereocenters. The van der Waals surface area contributed by atoms with Crippen LogP contribution in [0.25, 0.3) is 0 Å². The quantitative estimate of drug-likeness (QED) is 0.795. The van der Waals surface area contributed by atoms with Crippen molar-refractivity contribution < 1.29 is 4.79 Å². The molecule has 2 atom stereocenters. The molecule has 2 heteroatoms. The highest BCUT2D eigenvalue weighted by molar-refractivity contribution is 6.02. The molecule has 0 aromatic heterocycles. The van der Waals surface area contributed by atoms with Gasteiger partial charge in [-0.25, -0.2) is 0 Å². The minimum atomic E-state index is -0.363. The number of nitrogens with two attached hydrogens (primary N) is 1. The molecular formula is C15H21NO. The summed E-state index contributed by atoms with van der Waals surface area (Å²) in [6.45, 7) is 6.09. The molecule has 1 aliphatic carbocycles. The number of carbonyl (C=O) groups is 1. The van der Waals surface area contributed by atoms with E-state index in [1.165, 1.54) is 5.56 Å². The van der Waals surface area contributed by atoms with Crippen LogP contribution in [-0.2, 0) is 0 Å². The molecule has 92 valence electrons. The third kappa shape index (κ3) is 1.91. The maximum absolute atomic E-state index is 12.7. The Morgan fingerprint density at radius 1 is 1.41 bits per heavy atom. The number of hydrogen-bond donors (Lipinski definition) is 1. The first-order valence-electron chi connectivity index (χ1n) is 6.33. The van der Waals surface area contributed by atoms with Crippen LogP contribution in [0.3, 0.4) is 0 Å². The lowest BCUT2D eigenvalue weighted by Gasteiger charge is -2.28. The molecule has 17 heavy (non-hydrogen) atoms. The Morgan fingerprint density at radius 2 is 2.12 bits per heavy atom. The number of Topliss-reactive ketones (excluding diaryl/α,β-unsaturated/α-hetero) is 1. The van der Waals surface area contributed by atoms with Gasteiger partial charge in [0, 0.05) is 17.0 Å². The number of hydrogen-bond acceptors (Lipinski definition) is 2. The van der Waals surface area contributed by atoms with E-state index in [9.17, 15) is 4.79 Å². The third-order valence-corrected chi connectivity index (χ3v) is 4.40. The fraction of sp³-hybridized carbons (Fsp3) is 0.533. The first kappa shape index (κ1) is 12.3. The normalized spacial score (nSPS) is 28.4. The number of ketones is 1. The summed E-state index contributed by atoms with van der Waals surface area (Å²) in [6.07, 6.45) is 2.95. The van der Waals surface area contributed by atoms with Gasteiger partial charge in [0.2, 0.25) is 0 Å². The van der Waals surface area contributed by atoms with Crippen molar-refractivity contribution in [2.45, 2.75) is 46.1 Å². The van der Waals surface area contributed by atoms with E-state index in [1.54, 1.807) is 0 Å². The van der Waals surface area contributed by atoms with Crippen molar-refractivity contribution in [1.82, 2.24) is 0 Å². The Kier molecular flexibility index (Phi) is 3.09. The lowest BCUT2D eigenvalue weighted by atomic mass is 9.77. The predicted octanol–water partition coefficient (Wildman–Crippen LogP) is 3.00. The van der Waals surface area contributed by atoms with E-state index in [0.29, 0.717) is 0 Å². The third-order valence-electron chi connectivity index (χ3n) is 4.40. The van der Waals surface area contributed by atoms with Crippen LogP contribution >= 0.6 is 0 Å². The second kappa shape index (κ2) is 4.26. The van der Waals surface area contributed by atoms with Gasteiger partial charge in [-0.1, -0.05) is 31.5 Å². The summed E-state index contributed by atoms with van der Waals surface area (Å²) >= 11 is 0. The van der Waals surface area contributed by atoms with Gasteiger partial charge in [0.25, 0.3) is 0 Å². The lowest BCUT2D eigenvalue weighted by Crippen LogP contribution is -2.41. The maximum atomic E-state index is 12.7. The lowest BCUT2D eigenvalue weighted by molar-refractivity contribution is 0.0802. The van der Waals surface area contributed by atoms with Crippen molar-refractivity contribution >= 4 is 5.78 Å². The van der Waals surface area contributed by atoms with E-state index < -0.39 is 0 Å². The zero-order valence-corrected chi connectivity index (χ0v) is 10.9. The Morgan fingerprint density at radius 3 is 2.71 bits per heavy atom. The molecule has 1 saturated carbocycles. The maximum Gasteiger partial charge on any atom is 0.170 e. The van der Waals surface area contributed by atoms with Crippen molar-refractivity contribution in [1.29, 1.82) is 0 Å². The van der Waals surface area contributed by atoms with E-state index in [1.807, 2.05) is 39.0 Å². The van der Waals surface area contributed by atoms with Crippen LogP contribution in [0.2, 0.25) is 0 Å². The summed E-state index contributed by atoms with van der Waals surface area (Å²) < 4.78 is 0. The van der Waals surface area contributed by atoms with E-state index >= 15 is 0 Å². The average molecular weight is 231 g/mol. The molecule has 0 bridgehead atoms. The molecule has 0 saturated heterocycles. The van der Waals surface area contributed by atoms with E-state index in [4.69, 9.17) is 5.73 Å². The largest absolute Gasteiger partial charge is 0.327 e. The zero-order valence-electron chi connectivity index (χ0n) is 10.9. The fourth-order valence-electron chi connectivity index (χ4n) is 2.78. The molecule has 2 N–H and O–H groups in total. The highest BCUT2D eigenvalue weighted by Crippen LogP contribution is 2.40. The number of rotatable bonds is 2. The van der Waals surface area contributed by atoms with Crippen LogP contribution < -0.4 is 5.73 Å². The molecule has 1 aromatic carbocycles. The van der Waals surface area contributed by atoms with Crippen molar-refractivity contribution in [3.05, 3.63) is 34.9 Å². The first-order chi connectivity index (χ1) is 7.97. The Bertz CT molecular complexity index is 452. The predicted molar refractivity (Wildman–Crippen MR) is 70.2 cm³/mol. The highest BCUT2D eigenvalue weighted by atomic mass is 16.1. The van der Waals surface area contributed by atoms with E-state index in [0.717, 1.165) is 30.4 Å². The minimum absolute atomic E-state index is 0.00918. The molecule has 1 aliphatic rings. The summed E-state index contributed by atoms with van der Waals surface area (Å²) in [4.78, 5) is 12.7. The molecule has 1 fully saturated rings. The van der Waals surface area contributed by atoms with Crippen molar-refractivity contribution in [3.63, 3.8) is 0 Å². The van der Waals surface area contributed by atoms with Gasteiger partial charge < -0.3 is 5.73 Å². The van der Waals surface area contributed by atoms with Gasteiger partial charge in [-0.2, -0.15) is 0 Å². The number of benzene rings is 1. The molecular weight excluding hydrogens is 210 g/mol. The monoisotopic (exact) mass is 231 g/mol. The summed E-state index contributed by atoms with van der Waals surface area (Å²) in [6, 6.07) is 5.94. The second-order valence-corrected chi connectivity index (χ2v) is 5.49. The van der Waals surface area contributed by atoms with Crippen molar-refractivity contribution in [3.8, 4) is 0 Å². The van der Waals surface area contributed by atoms with Crippen LogP contribution in [0, 0.1) is 19.3 Å². The molecule has 0 aliphatic heterocycles. The van der Waals surface area contributed by atoms with Crippen LogP contribution in [0.4, 0.5) is 0 Å². The van der Waals surface area contributed by atoms with Gasteiger partial charge in [-0.3, -0.25) is 4.79 Å². The summed E-state index contributed by atoms with van der Waals surface area (Å²) in [5.41, 5.74) is 8.88. The average Bonchev–Trinajstić information content (AvgIpc) is 2.64. The van der Waals surface area contributed by atoms with Crippen molar-refractivity contribution in [2.75, 3.05) is 0 Å². The summed E-state index contributed by atoms with van der Waals surface area (Å²) in [5.74, 6) is 0.226. The van der Waals surface area contributed by atoms with Crippen LogP contribution in [-0.4, -0.2) is 11.8 Å². The summed E-state index contributed by atoms with van der Waals surface area (Å²) in [7, 11) is 0. The molecule has 1 aromatic rings. The fourth-order valence-corrected chi connectivity index (χ4v) is 2.78. The van der Waals surface area contributed by atoms with Gasteiger partial charge >= 0.3 is 0 Å². The molecule has 2 rings (SSSR count). The number of aryl methyl sites for hydroxylation is 1. The van der Waals surface area contributed by atoms with E-state index in [2.05, 4.69) is 0 Å². The van der Waals surface area contributed by atoms with Gasteiger partial charge in [-0.05, 0) is 37.8 Å². The van der Waals surface area contributed by atoms with E-state index in [-0.39, 0.29) is 17.2 Å². The molecule has 2 nitrogen and oxygen atoms in total. The molecule has 0 radical (unpaired) electrons. The number of carbonyl (C=O) groups excluding carboxylic acids is 1. The highest BCUT2D eigenvalue weighted by Gasteiger charge is 2.43. The van der Waals surface area contributed by atoms with Gasteiger partial charge in [0.15, 0.2) is 5.78 Å². The molecule has 0 amide bonds. The second-order valence-electron chi connectivity index (χ2n) is 5.49. The van der Waals surface area contributed by atoms with Crippen LogP contribution in [0.1, 0.15) is 47.7 Å². The Hall–Kier alpha value is -1.15. The topological polar surface area (TPSA) is 43.1 Å².